The Kier molecular flexibility index (Phi) is 8.71. The van der Waals surface area contributed by atoms with E-state index in [1.54, 1.807) is 6.08 Å². The third-order valence-electron chi connectivity index (χ3n) is 5.10. The van der Waals surface area contributed by atoms with Gasteiger partial charge < -0.3 is 10.1 Å². The number of nitrogens with zero attached hydrogens (tertiary/aromatic N) is 1. The second-order valence-corrected chi connectivity index (χ2v) is 8.62. The smallest absolute Gasteiger partial charge is 0.266 e. The first-order chi connectivity index (χ1) is 15.9. The van der Waals surface area contributed by atoms with Crippen molar-refractivity contribution in [1.29, 1.82) is 5.26 Å². The number of aryl methyl sites for hydroxylation is 1. The zero-order valence-electron chi connectivity index (χ0n) is 18.5. The first-order valence-corrected chi connectivity index (χ1v) is 11.8. The molecule has 6 heteroatoms. The number of hydrogen-bond acceptors (Lipinski definition) is 3. The van der Waals surface area contributed by atoms with Crippen molar-refractivity contribution in [3.8, 4) is 11.8 Å². The lowest BCUT2D eigenvalue weighted by Gasteiger charge is -2.15. The molecule has 0 aliphatic carbocycles. The zero-order chi connectivity index (χ0) is 23.8. The molecule has 3 aromatic carbocycles. The van der Waals surface area contributed by atoms with Gasteiger partial charge in [0.25, 0.3) is 5.91 Å². The number of anilines is 1. The summed E-state index contributed by atoms with van der Waals surface area (Å²) in [5.74, 6) is 0.210. The van der Waals surface area contributed by atoms with Crippen LogP contribution in [0.4, 0.5) is 5.69 Å². The van der Waals surface area contributed by atoms with Crippen LogP contribution in [-0.4, -0.2) is 12.5 Å². The van der Waals surface area contributed by atoms with Crippen LogP contribution in [0.2, 0.25) is 5.02 Å². The Morgan fingerprint density at radius 1 is 1.15 bits per heavy atom. The van der Waals surface area contributed by atoms with Crippen molar-refractivity contribution in [3.63, 3.8) is 0 Å². The number of nitrogens with one attached hydrogen (secondary N) is 1. The fourth-order valence-corrected chi connectivity index (χ4v) is 4.14. The van der Waals surface area contributed by atoms with Gasteiger partial charge in [-0.25, -0.2) is 0 Å². The van der Waals surface area contributed by atoms with Crippen LogP contribution in [0.15, 0.2) is 70.7 Å². The molecular weight excluding hydrogens is 500 g/mol. The number of ether oxygens (including phenoxy) is 1. The Hall–Kier alpha value is -3.07. The Morgan fingerprint density at radius 3 is 2.52 bits per heavy atom. The summed E-state index contributed by atoms with van der Waals surface area (Å²) < 4.78 is 6.69. The van der Waals surface area contributed by atoms with E-state index in [-0.39, 0.29) is 5.57 Å². The van der Waals surface area contributed by atoms with Gasteiger partial charge >= 0.3 is 0 Å². The van der Waals surface area contributed by atoms with Crippen LogP contribution in [0.3, 0.4) is 0 Å². The first-order valence-electron chi connectivity index (χ1n) is 10.7. The van der Waals surface area contributed by atoms with Crippen molar-refractivity contribution < 1.29 is 9.53 Å². The zero-order valence-corrected chi connectivity index (χ0v) is 20.8. The molecule has 0 heterocycles. The second kappa shape index (κ2) is 11.7. The Bertz CT molecular complexity index is 1210. The highest BCUT2D eigenvalue weighted by atomic mass is 79.9. The predicted molar refractivity (Wildman–Crippen MR) is 138 cm³/mol. The molecule has 0 fully saturated rings. The third kappa shape index (κ3) is 6.47. The Morgan fingerprint density at radius 2 is 1.88 bits per heavy atom. The first kappa shape index (κ1) is 24.6. The van der Waals surface area contributed by atoms with Gasteiger partial charge in [0.2, 0.25) is 0 Å². The molecule has 0 aliphatic heterocycles. The van der Waals surface area contributed by atoms with E-state index in [0.29, 0.717) is 35.1 Å². The molecular formula is C27H24BrClN2O2. The molecule has 3 rings (SSSR count). The monoisotopic (exact) mass is 522 g/mol. The molecule has 0 atom stereocenters. The normalized spacial score (nSPS) is 11.1. The van der Waals surface area contributed by atoms with Crippen molar-refractivity contribution in [2.45, 2.75) is 26.7 Å². The minimum absolute atomic E-state index is 0.00257. The van der Waals surface area contributed by atoms with E-state index in [4.69, 9.17) is 16.3 Å². The average molecular weight is 524 g/mol. The molecule has 1 N–H and O–H groups in total. The number of benzene rings is 3. The Labute approximate surface area is 208 Å². The van der Waals surface area contributed by atoms with Crippen molar-refractivity contribution in [3.05, 3.63) is 98.0 Å². The molecule has 0 saturated carbocycles. The number of amides is 1. The molecule has 1 amide bonds. The van der Waals surface area contributed by atoms with Gasteiger partial charge in [-0.05, 0) is 66.4 Å². The molecule has 0 radical (unpaired) electrons. The molecule has 168 valence electrons. The summed E-state index contributed by atoms with van der Waals surface area (Å²) in [6.45, 7) is 4.46. The summed E-state index contributed by atoms with van der Waals surface area (Å²) in [6, 6.07) is 20.9. The third-order valence-corrected chi connectivity index (χ3v) is 6.17. The largest absolute Gasteiger partial charge is 0.494 e. The van der Waals surface area contributed by atoms with E-state index in [2.05, 4.69) is 28.2 Å². The van der Waals surface area contributed by atoms with Crippen LogP contribution in [0.5, 0.6) is 5.75 Å². The van der Waals surface area contributed by atoms with Gasteiger partial charge in [0, 0.05) is 27.2 Å². The highest BCUT2D eigenvalue weighted by Gasteiger charge is 2.15. The molecule has 0 aromatic heterocycles. The maximum Gasteiger partial charge on any atom is 0.266 e. The van der Waals surface area contributed by atoms with Crippen molar-refractivity contribution >= 4 is 45.2 Å². The molecule has 3 aromatic rings. The van der Waals surface area contributed by atoms with Crippen molar-refractivity contribution in [2.24, 2.45) is 0 Å². The maximum absolute atomic E-state index is 12.7. The maximum atomic E-state index is 12.7. The average Bonchev–Trinajstić information content (AvgIpc) is 2.81. The molecule has 0 aliphatic rings. The number of nitriles is 1. The fourth-order valence-electron chi connectivity index (χ4n) is 3.34. The summed E-state index contributed by atoms with van der Waals surface area (Å²) in [5.41, 5.74) is 4.43. The number of carbonyl (C=O) groups excluding carboxylic acids is 1. The molecule has 0 spiro atoms. The highest BCUT2D eigenvalue weighted by Crippen LogP contribution is 2.33. The van der Waals surface area contributed by atoms with E-state index in [0.717, 1.165) is 22.0 Å². The van der Waals surface area contributed by atoms with E-state index in [1.165, 1.54) is 5.56 Å². The standard InChI is InChI=1S/C27H24BrClN2O2/c1-3-18-9-11-22(12-10-18)31-27(32)21(17-30)13-19-14-24(28)23(26(15-19)33-4-2)16-20-7-5-6-8-25(20)29/h5-15H,3-4,16H2,1-2H3,(H,31,32)/b21-13+. The lowest BCUT2D eigenvalue weighted by molar-refractivity contribution is -0.112. The van der Waals surface area contributed by atoms with E-state index >= 15 is 0 Å². The molecule has 0 unspecified atom stereocenters. The highest BCUT2D eigenvalue weighted by molar-refractivity contribution is 9.10. The van der Waals surface area contributed by atoms with Crippen LogP contribution in [0.25, 0.3) is 6.08 Å². The van der Waals surface area contributed by atoms with Gasteiger partial charge in [0.15, 0.2) is 0 Å². The quantitative estimate of drug-likeness (QED) is 0.251. The van der Waals surface area contributed by atoms with Gasteiger partial charge in [-0.2, -0.15) is 5.26 Å². The van der Waals surface area contributed by atoms with Gasteiger partial charge in [0.1, 0.15) is 17.4 Å². The lowest BCUT2D eigenvalue weighted by Crippen LogP contribution is -2.13. The summed E-state index contributed by atoms with van der Waals surface area (Å²) in [7, 11) is 0. The van der Waals surface area contributed by atoms with Gasteiger partial charge in [-0.3, -0.25) is 4.79 Å². The molecule has 4 nitrogen and oxygen atoms in total. The SMILES string of the molecule is CCOc1cc(/C=C(\C#N)C(=O)Nc2ccc(CC)cc2)cc(Br)c1Cc1ccccc1Cl. The molecule has 0 bridgehead atoms. The van der Waals surface area contributed by atoms with E-state index in [9.17, 15) is 10.1 Å². The van der Waals surface area contributed by atoms with E-state index in [1.807, 2.05) is 73.7 Å². The summed E-state index contributed by atoms with van der Waals surface area (Å²) >= 11 is 9.98. The summed E-state index contributed by atoms with van der Waals surface area (Å²) in [4.78, 5) is 12.7. The minimum Gasteiger partial charge on any atom is -0.494 e. The number of rotatable bonds is 8. The number of hydrogen-bond donors (Lipinski definition) is 1. The second-order valence-electron chi connectivity index (χ2n) is 7.36. The van der Waals surface area contributed by atoms with Crippen LogP contribution >= 0.6 is 27.5 Å². The number of carbonyl (C=O) groups is 1. The van der Waals surface area contributed by atoms with Crippen molar-refractivity contribution in [1.82, 2.24) is 0 Å². The topological polar surface area (TPSA) is 62.1 Å². The summed E-state index contributed by atoms with van der Waals surface area (Å²) in [6.07, 6.45) is 3.06. The molecule has 0 saturated heterocycles. The van der Waals surface area contributed by atoms with Crippen LogP contribution in [-0.2, 0) is 17.6 Å². The van der Waals surface area contributed by atoms with Gasteiger partial charge in [-0.1, -0.05) is 64.8 Å². The summed E-state index contributed by atoms with van der Waals surface area (Å²) in [5, 5.41) is 13.1. The van der Waals surface area contributed by atoms with Crippen molar-refractivity contribution in [2.75, 3.05) is 11.9 Å². The van der Waals surface area contributed by atoms with Crippen LogP contribution in [0.1, 0.15) is 36.1 Å². The Balaban J connectivity index is 1.89. The number of halogens is 2. The van der Waals surface area contributed by atoms with Gasteiger partial charge in [-0.15, -0.1) is 0 Å². The van der Waals surface area contributed by atoms with E-state index < -0.39 is 5.91 Å². The minimum atomic E-state index is -0.462. The van der Waals surface area contributed by atoms with Crippen LogP contribution < -0.4 is 10.1 Å². The lowest BCUT2D eigenvalue weighted by atomic mass is 10.0. The molecule has 33 heavy (non-hydrogen) atoms. The van der Waals surface area contributed by atoms with Crippen LogP contribution in [0, 0.1) is 11.3 Å². The predicted octanol–water partition coefficient (Wildman–Crippen LogP) is 7.20. The fraction of sp³-hybridized carbons (Fsp3) is 0.185. The van der Waals surface area contributed by atoms with Gasteiger partial charge in [0.05, 0.1) is 6.61 Å².